The summed E-state index contributed by atoms with van der Waals surface area (Å²) in [4.78, 5) is 26.7. The van der Waals surface area contributed by atoms with Gasteiger partial charge < -0.3 is 10.2 Å². The monoisotopic (exact) mass is 294 g/mol. The van der Waals surface area contributed by atoms with Gasteiger partial charge in [0, 0.05) is 19.0 Å². The quantitative estimate of drug-likeness (QED) is 0.734. The van der Waals surface area contributed by atoms with Gasteiger partial charge in [-0.25, -0.2) is 0 Å². The number of likely N-dealkylation sites (tertiary alicyclic amines) is 1. The zero-order valence-electron chi connectivity index (χ0n) is 13.6. The van der Waals surface area contributed by atoms with E-state index in [1.165, 1.54) is 19.3 Å². The number of unbranched alkanes of at least 4 members (excludes halogenated alkanes) is 3. The van der Waals surface area contributed by atoms with Gasteiger partial charge in [-0.1, -0.05) is 33.1 Å². The Balaban J connectivity index is 1.80. The lowest BCUT2D eigenvalue weighted by molar-refractivity contribution is -0.143. The minimum atomic E-state index is -0.217. The predicted octanol–water partition coefficient (Wildman–Crippen LogP) is 2.72. The van der Waals surface area contributed by atoms with Crippen LogP contribution in [0, 0.1) is 11.8 Å². The van der Waals surface area contributed by atoms with Crippen molar-refractivity contribution in [1.29, 1.82) is 0 Å². The molecule has 3 atom stereocenters. The highest BCUT2D eigenvalue weighted by Crippen LogP contribution is 2.40. The van der Waals surface area contributed by atoms with E-state index in [9.17, 15) is 9.59 Å². The van der Waals surface area contributed by atoms with E-state index in [0.29, 0.717) is 5.92 Å². The number of hydrogen-bond acceptors (Lipinski definition) is 2. The van der Waals surface area contributed by atoms with Gasteiger partial charge in [-0.05, 0) is 38.0 Å². The van der Waals surface area contributed by atoms with Crippen LogP contribution in [-0.2, 0) is 9.59 Å². The molecule has 1 aliphatic carbocycles. The third-order valence-electron chi connectivity index (χ3n) is 4.84. The lowest BCUT2D eigenvalue weighted by atomic mass is 10.0. The molecule has 0 bridgehead atoms. The molecule has 21 heavy (non-hydrogen) atoms. The van der Waals surface area contributed by atoms with E-state index in [2.05, 4.69) is 19.2 Å². The molecular formula is C17H30N2O2. The van der Waals surface area contributed by atoms with E-state index in [1.54, 1.807) is 0 Å². The van der Waals surface area contributed by atoms with E-state index in [1.807, 2.05) is 4.90 Å². The third kappa shape index (κ3) is 4.45. The predicted molar refractivity (Wildman–Crippen MR) is 83.8 cm³/mol. The summed E-state index contributed by atoms with van der Waals surface area (Å²) in [5.74, 6) is 0.973. The molecule has 0 unspecified atom stereocenters. The van der Waals surface area contributed by atoms with E-state index in [0.717, 1.165) is 45.2 Å². The molecule has 0 spiro atoms. The molecular weight excluding hydrogens is 264 g/mol. The van der Waals surface area contributed by atoms with Crippen LogP contribution in [0.15, 0.2) is 0 Å². The maximum atomic E-state index is 12.4. The van der Waals surface area contributed by atoms with Crippen molar-refractivity contribution in [2.45, 2.75) is 71.3 Å². The first kappa shape index (κ1) is 16.3. The molecule has 2 fully saturated rings. The molecule has 0 radical (unpaired) electrons. The molecule has 1 saturated carbocycles. The second-order valence-electron chi connectivity index (χ2n) is 6.71. The van der Waals surface area contributed by atoms with Crippen LogP contribution in [0.5, 0.6) is 0 Å². The Morgan fingerprint density at radius 2 is 1.95 bits per heavy atom. The topological polar surface area (TPSA) is 49.4 Å². The van der Waals surface area contributed by atoms with Crippen LogP contribution in [0.3, 0.4) is 0 Å². The van der Waals surface area contributed by atoms with Crippen molar-refractivity contribution in [2.75, 3.05) is 13.1 Å². The van der Waals surface area contributed by atoms with Crippen molar-refractivity contribution < 1.29 is 9.59 Å². The van der Waals surface area contributed by atoms with Crippen LogP contribution in [0.4, 0.5) is 0 Å². The van der Waals surface area contributed by atoms with Crippen molar-refractivity contribution in [1.82, 2.24) is 10.2 Å². The van der Waals surface area contributed by atoms with Gasteiger partial charge in [0.1, 0.15) is 6.04 Å². The van der Waals surface area contributed by atoms with Crippen molar-refractivity contribution >= 4 is 11.8 Å². The minimum Gasteiger partial charge on any atom is -0.354 e. The SMILES string of the molecule is CCCCCCNC(=O)[C@@H]1CCCCN1C(=O)[C@H]1C[C@@H]1C. The van der Waals surface area contributed by atoms with Crippen LogP contribution in [0.1, 0.15) is 65.2 Å². The second kappa shape index (κ2) is 7.81. The van der Waals surface area contributed by atoms with Gasteiger partial charge in [-0.15, -0.1) is 0 Å². The largest absolute Gasteiger partial charge is 0.354 e. The summed E-state index contributed by atoms with van der Waals surface area (Å²) >= 11 is 0. The Bertz CT molecular complexity index is 370. The Hall–Kier alpha value is -1.06. The normalized spacial score (nSPS) is 28.3. The average Bonchev–Trinajstić information content (AvgIpc) is 3.23. The fourth-order valence-electron chi connectivity index (χ4n) is 3.23. The fraction of sp³-hybridized carbons (Fsp3) is 0.882. The first-order valence-corrected chi connectivity index (χ1v) is 8.73. The molecule has 0 aromatic carbocycles. The van der Waals surface area contributed by atoms with Gasteiger partial charge in [-0.3, -0.25) is 9.59 Å². The molecule has 0 aromatic rings. The molecule has 1 aliphatic heterocycles. The molecule has 1 N–H and O–H groups in total. The third-order valence-corrected chi connectivity index (χ3v) is 4.84. The number of nitrogens with one attached hydrogen (secondary N) is 1. The first-order valence-electron chi connectivity index (χ1n) is 8.73. The van der Waals surface area contributed by atoms with Gasteiger partial charge in [0.25, 0.3) is 0 Å². The highest BCUT2D eigenvalue weighted by molar-refractivity contribution is 5.89. The number of hydrogen-bond donors (Lipinski definition) is 1. The number of carbonyl (C=O) groups is 2. The van der Waals surface area contributed by atoms with Crippen LogP contribution in [-0.4, -0.2) is 35.8 Å². The number of rotatable bonds is 7. The van der Waals surface area contributed by atoms with Crippen molar-refractivity contribution in [3.8, 4) is 0 Å². The smallest absolute Gasteiger partial charge is 0.242 e. The Morgan fingerprint density at radius 3 is 2.62 bits per heavy atom. The van der Waals surface area contributed by atoms with E-state index in [-0.39, 0.29) is 23.8 Å². The zero-order chi connectivity index (χ0) is 15.2. The molecule has 0 aromatic heterocycles. The molecule has 120 valence electrons. The maximum Gasteiger partial charge on any atom is 0.242 e. The number of carbonyl (C=O) groups excluding carboxylic acids is 2. The standard InChI is InChI=1S/C17H30N2O2/c1-3-4-5-7-10-18-16(20)15-9-6-8-11-19(15)17(21)14-12-13(14)2/h13-15H,3-12H2,1-2H3,(H,18,20)/t13-,14-,15-/m0/s1. The van der Waals surface area contributed by atoms with E-state index in [4.69, 9.17) is 0 Å². The van der Waals surface area contributed by atoms with Gasteiger partial charge in [0.2, 0.25) is 11.8 Å². The average molecular weight is 294 g/mol. The highest BCUT2D eigenvalue weighted by Gasteiger charge is 2.44. The van der Waals surface area contributed by atoms with Crippen LogP contribution in [0.25, 0.3) is 0 Å². The van der Waals surface area contributed by atoms with Crippen molar-refractivity contribution in [3.63, 3.8) is 0 Å². The first-order chi connectivity index (χ1) is 10.1. The summed E-state index contributed by atoms with van der Waals surface area (Å²) < 4.78 is 0. The van der Waals surface area contributed by atoms with Crippen LogP contribution >= 0.6 is 0 Å². The minimum absolute atomic E-state index is 0.0628. The van der Waals surface area contributed by atoms with Gasteiger partial charge >= 0.3 is 0 Å². The van der Waals surface area contributed by atoms with Gasteiger partial charge in [0.15, 0.2) is 0 Å². The molecule has 1 heterocycles. The Labute approximate surface area is 128 Å². The molecule has 2 rings (SSSR count). The molecule has 2 amide bonds. The second-order valence-corrected chi connectivity index (χ2v) is 6.71. The maximum absolute atomic E-state index is 12.4. The lowest BCUT2D eigenvalue weighted by Crippen LogP contribution is -2.52. The van der Waals surface area contributed by atoms with Crippen molar-refractivity contribution in [2.24, 2.45) is 11.8 Å². The summed E-state index contributed by atoms with van der Waals surface area (Å²) in [6.07, 6.45) is 8.56. The summed E-state index contributed by atoms with van der Waals surface area (Å²) in [5, 5.41) is 3.03. The van der Waals surface area contributed by atoms with E-state index < -0.39 is 0 Å². The zero-order valence-corrected chi connectivity index (χ0v) is 13.6. The molecule has 1 saturated heterocycles. The molecule has 4 heteroatoms. The molecule has 2 aliphatic rings. The van der Waals surface area contributed by atoms with Gasteiger partial charge in [0.05, 0.1) is 0 Å². The van der Waals surface area contributed by atoms with Crippen molar-refractivity contribution in [3.05, 3.63) is 0 Å². The highest BCUT2D eigenvalue weighted by atomic mass is 16.2. The number of piperidine rings is 1. The molecule has 4 nitrogen and oxygen atoms in total. The fourth-order valence-corrected chi connectivity index (χ4v) is 3.23. The number of amides is 2. The summed E-state index contributed by atoms with van der Waals surface area (Å²) in [7, 11) is 0. The Morgan fingerprint density at radius 1 is 1.19 bits per heavy atom. The Kier molecular flexibility index (Phi) is 6.07. The number of nitrogens with zero attached hydrogens (tertiary/aromatic N) is 1. The van der Waals surface area contributed by atoms with Gasteiger partial charge in [-0.2, -0.15) is 0 Å². The van der Waals surface area contributed by atoms with Crippen LogP contribution < -0.4 is 5.32 Å². The summed E-state index contributed by atoms with van der Waals surface area (Å²) in [6, 6.07) is -0.217. The summed E-state index contributed by atoms with van der Waals surface area (Å²) in [6.45, 7) is 5.81. The lowest BCUT2D eigenvalue weighted by Gasteiger charge is -2.35. The summed E-state index contributed by atoms with van der Waals surface area (Å²) in [5.41, 5.74) is 0. The van der Waals surface area contributed by atoms with Crippen LogP contribution in [0.2, 0.25) is 0 Å². The van der Waals surface area contributed by atoms with E-state index >= 15 is 0 Å².